The van der Waals surface area contributed by atoms with Gasteiger partial charge >= 0.3 is 5.97 Å². The first-order valence-corrected chi connectivity index (χ1v) is 10.0. The number of hydrogen-bond acceptors (Lipinski definition) is 4. The van der Waals surface area contributed by atoms with E-state index in [1.54, 1.807) is 7.11 Å². The predicted molar refractivity (Wildman–Crippen MR) is 101 cm³/mol. The van der Waals surface area contributed by atoms with Crippen molar-refractivity contribution in [1.29, 1.82) is 0 Å². The van der Waals surface area contributed by atoms with Gasteiger partial charge in [-0.3, -0.25) is 9.59 Å². The van der Waals surface area contributed by atoms with Crippen molar-refractivity contribution >= 4 is 23.5 Å². The molecule has 146 valence electrons. The van der Waals surface area contributed by atoms with E-state index < -0.39 is 5.41 Å². The standard InChI is InChI=1S/C21H26ClNO4/c1-26-17-4-2-3-14(6-17)11-23-18(24)12-27-19(25)20-7-15-5-16(8-20)10-21(22,9-15)13-20/h2-4,6,15-16H,5,7-13H2,1H3,(H,23,24)/t15-,16-,20?,21?/m0/s1. The minimum Gasteiger partial charge on any atom is -0.497 e. The minimum atomic E-state index is -0.473. The van der Waals surface area contributed by atoms with Gasteiger partial charge in [0, 0.05) is 11.4 Å². The Hall–Kier alpha value is -1.75. The summed E-state index contributed by atoms with van der Waals surface area (Å²) in [4.78, 5) is 24.7. The molecule has 1 amide bonds. The van der Waals surface area contributed by atoms with Gasteiger partial charge in [0.15, 0.2) is 6.61 Å². The fourth-order valence-corrected chi connectivity index (χ4v) is 6.40. The lowest BCUT2D eigenvalue weighted by molar-refractivity contribution is -0.171. The highest BCUT2D eigenvalue weighted by atomic mass is 35.5. The summed E-state index contributed by atoms with van der Waals surface area (Å²) in [7, 11) is 1.60. The van der Waals surface area contributed by atoms with Crippen LogP contribution in [0.2, 0.25) is 0 Å². The summed E-state index contributed by atoms with van der Waals surface area (Å²) < 4.78 is 10.6. The molecule has 2 atom stereocenters. The van der Waals surface area contributed by atoms with Crippen molar-refractivity contribution in [3.63, 3.8) is 0 Å². The van der Waals surface area contributed by atoms with Crippen molar-refractivity contribution in [2.24, 2.45) is 17.3 Å². The number of ether oxygens (including phenoxy) is 2. The predicted octanol–water partition coefficient (Wildman–Crippen LogP) is 3.43. The van der Waals surface area contributed by atoms with Crippen LogP contribution in [0.15, 0.2) is 24.3 Å². The highest BCUT2D eigenvalue weighted by Gasteiger charge is 2.60. The zero-order valence-electron chi connectivity index (χ0n) is 15.6. The van der Waals surface area contributed by atoms with Crippen molar-refractivity contribution in [3.05, 3.63) is 29.8 Å². The van der Waals surface area contributed by atoms with E-state index in [-0.39, 0.29) is 23.4 Å². The molecule has 1 aromatic rings. The molecule has 0 aliphatic heterocycles. The molecule has 4 aliphatic rings. The van der Waals surface area contributed by atoms with Gasteiger partial charge in [0.1, 0.15) is 5.75 Å². The number of esters is 1. The largest absolute Gasteiger partial charge is 0.497 e. The molecule has 4 saturated carbocycles. The summed E-state index contributed by atoms with van der Waals surface area (Å²) in [6.45, 7) is 0.128. The summed E-state index contributed by atoms with van der Waals surface area (Å²) in [5.74, 6) is 1.26. The number of rotatable bonds is 6. The maximum Gasteiger partial charge on any atom is 0.312 e. The molecule has 1 aromatic carbocycles. The Morgan fingerprint density at radius 3 is 2.63 bits per heavy atom. The van der Waals surface area contributed by atoms with Crippen LogP contribution in [-0.2, 0) is 20.9 Å². The highest BCUT2D eigenvalue weighted by Crippen LogP contribution is 2.64. The average Bonchev–Trinajstić information content (AvgIpc) is 2.62. The number of nitrogens with one attached hydrogen (secondary N) is 1. The average molecular weight is 392 g/mol. The molecule has 5 rings (SSSR count). The van der Waals surface area contributed by atoms with Crippen LogP contribution < -0.4 is 10.1 Å². The van der Waals surface area contributed by atoms with Crippen LogP contribution in [0.25, 0.3) is 0 Å². The fraction of sp³-hybridized carbons (Fsp3) is 0.619. The molecule has 5 nitrogen and oxygen atoms in total. The van der Waals surface area contributed by atoms with Crippen molar-refractivity contribution in [1.82, 2.24) is 5.32 Å². The van der Waals surface area contributed by atoms with E-state index in [4.69, 9.17) is 21.1 Å². The van der Waals surface area contributed by atoms with Gasteiger partial charge < -0.3 is 14.8 Å². The van der Waals surface area contributed by atoms with Crippen molar-refractivity contribution < 1.29 is 19.1 Å². The second-order valence-corrected chi connectivity index (χ2v) is 9.40. The van der Waals surface area contributed by atoms with Gasteiger partial charge in [-0.25, -0.2) is 0 Å². The molecular weight excluding hydrogens is 366 g/mol. The van der Waals surface area contributed by atoms with Crippen LogP contribution in [-0.4, -0.2) is 30.5 Å². The van der Waals surface area contributed by atoms with Gasteiger partial charge in [0.2, 0.25) is 0 Å². The number of methoxy groups -OCH3 is 1. The molecule has 0 saturated heterocycles. The summed E-state index contributed by atoms with van der Waals surface area (Å²) in [6, 6.07) is 7.49. The summed E-state index contributed by atoms with van der Waals surface area (Å²) in [5, 5.41) is 2.79. The monoisotopic (exact) mass is 391 g/mol. The third-order valence-electron chi connectivity index (χ3n) is 6.38. The molecule has 0 aromatic heterocycles. The smallest absolute Gasteiger partial charge is 0.312 e. The Bertz CT molecular complexity index is 735. The van der Waals surface area contributed by atoms with E-state index in [0.717, 1.165) is 37.0 Å². The van der Waals surface area contributed by atoms with Crippen LogP contribution in [0.3, 0.4) is 0 Å². The SMILES string of the molecule is COc1cccc(CNC(=O)COC(=O)C23C[C@@H]4C[C@H](CC(Cl)(C4)C2)C3)c1. The number of alkyl halides is 1. The molecule has 0 heterocycles. The summed E-state index contributed by atoms with van der Waals surface area (Å²) in [6.07, 6.45) is 5.63. The maximum absolute atomic E-state index is 12.8. The zero-order valence-corrected chi connectivity index (χ0v) is 16.4. The molecule has 1 N–H and O–H groups in total. The molecule has 4 bridgehead atoms. The molecule has 0 unspecified atom stereocenters. The Kier molecular flexibility index (Phi) is 4.83. The van der Waals surface area contributed by atoms with E-state index >= 15 is 0 Å². The zero-order chi connectivity index (χ0) is 19.1. The third-order valence-corrected chi connectivity index (χ3v) is 6.82. The van der Waals surface area contributed by atoms with Crippen LogP contribution >= 0.6 is 11.6 Å². The van der Waals surface area contributed by atoms with E-state index in [9.17, 15) is 9.59 Å². The van der Waals surface area contributed by atoms with Crippen molar-refractivity contribution in [3.8, 4) is 5.75 Å². The van der Waals surface area contributed by atoms with E-state index in [1.807, 2.05) is 24.3 Å². The molecular formula is C21H26ClNO4. The quantitative estimate of drug-likeness (QED) is 0.596. The maximum atomic E-state index is 12.8. The summed E-state index contributed by atoms with van der Waals surface area (Å²) >= 11 is 6.77. The number of amides is 1. The van der Waals surface area contributed by atoms with E-state index in [2.05, 4.69) is 5.32 Å². The molecule has 0 radical (unpaired) electrons. The number of carbonyl (C=O) groups excluding carboxylic acids is 2. The van der Waals surface area contributed by atoms with Crippen LogP contribution in [0.1, 0.15) is 44.1 Å². The van der Waals surface area contributed by atoms with E-state index in [1.165, 1.54) is 6.42 Å². The van der Waals surface area contributed by atoms with Crippen molar-refractivity contribution in [2.75, 3.05) is 13.7 Å². The molecule has 4 fully saturated rings. The van der Waals surface area contributed by atoms with Crippen LogP contribution in [0, 0.1) is 17.3 Å². The Morgan fingerprint density at radius 2 is 1.96 bits per heavy atom. The fourth-order valence-electron chi connectivity index (χ4n) is 5.71. The first-order valence-electron chi connectivity index (χ1n) is 9.66. The number of hydrogen-bond donors (Lipinski definition) is 1. The van der Waals surface area contributed by atoms with Gasteiger partial charge in [-0.15, -0.1) is 11.6 Å². The van der Waals surface area contributed by atoms with Gasteiger partial charge in [-0.1, -0.05) is 12.1 Å². The van der Waals surface area contributed by atoms with Gasteiger partial charge in [0.25, 0.3) is 5.91 Å². The number of carbonyl (C=O) groups is 2. The second kappa shape index (κ2) is 7.01. The second-order valence-electron chi connectivity index (χ2n) is 8.60. The number of benzene rings is 1. The Morgan fingerprint density at radius 1 is 1.22 bits per heavy atom. The third kappa shape index (κ3) is 3.79. The number of halogens is 1. The first-order chi connectivity index (χ1) is 12.9. The topological polar surface area (TPSA) is 64.6 Å². The lowest BCUT2D eigenvalue weighted by Gasteiger charge is -2.58. The molecule has 27 heavy (non-hydrogen) atoms. The highest BCUT2D eigenvalue weighted by molar-refractivity contribution is 6.24. The normalized spacial score (nSPS) is 33.6. The first kappa shape index (κ1) is 18.6. The summed E-state index contributed by atoms with van der Waals surface area (Å²) in [5.41, 5.74) is 0.457. The van der Waals surface area contributed by atoms with Gasteiger partial charge in [-0.05, 0) is 68.1 Å². The minimum absolute atomic E-state index is 0.238. The Balaban J connectivity index is 1.29. The van der Waals surface area contributed by atoms with E-state index in [0.29, 0.717) is 24.8 Å². The molecule has 4 aliphatic carbocycles. The van der Waals surface area contributed by atoms with Crippen molar-refractivity contribution in [2.45, 2.75) is 49.9 Å². The molecule has 6 heteroatoms. The lowest BCUT2D eigenvalue weighted by Crippen LogP contribution is -2.56. The lowest BCUT2D eigenvalue weighted by atomic mass is 9.49. The van der Waals surface area contributed by atoms with Crippen LogP contribution in [0.5, 0.6) is 5.75 Å². The van der Waals surface area contributed by atoms with Gasteiger partial charge in [0.05, 0.1) is 12.5 Å². The van der Waals surface area contributed by atoms with Gasteiger partial charge in [-0.2, -0.15) is 0 Å². The van der Waals surface area contributed by atoms with Crippen LogP contribution in [0.4, 0.5) is 0 Å². The Labute approximate surface area is 164 Å². The molecule has 0 spiro atoms.